The lowest BCUT2D eigenvalue weighted by molar-refractivity contribution is -0.138. The second-order valence-electron chi connectivity index (χ2n) is 4.52. The third kappa shape index (κ3) is 3.66. The van der Waals surface area contributed by atoms with Crippen molar-refractivity contribution in [3.8, 4) is 5.75 Å². The van der Waals surface area contributed by atoms with Crippen LogP contribution in [0, 0.1) is 0 Å². The molecule has 0 aromatic heterocycles. The van der Waals surface area contributed by atoms with Gasteiger partial charge in [0.05, 0.1) is 10.4 Å². The van der Waals surface area contributed by atoms with E-state index in [0.29, 0.717) is 10.9 Å². The Hall–Kier alpha value is -1.69. The first kappa shape index (κ1) is 16.4. The maximum atomic E-state index is 11.1. The summed E-state index contributed by atoms with van der Waals surface area (Å²) in [6, 6.07) is 5.98. The van der Waals surface area contributed by atoms with Gasteiger partial charge in [0.1, 0.15) is 5.75 Å². The van der Waals surface area contributed by atoms with Crippen LogP contribution in [0.3, 0.4) is 0 Å². The number of phenols is 1. The molecule has 0 saturated carbocycles. The van der Waals surface area contributed by atoms with Gasteiger partial charge in [0.25, 0.3) is 0 Å². The Bertz CT molecular complexity index is 515. The highest BCUT2D eigenvalue weighted by molar-refractivity contribution is 8.15. The Morgan fingerprint density at radius 3 is 2.45 bits per heavy atom. The smallest absolute Gasteiger partial charge is 0.329 e. The highest BCUT2D eigenvalue weighted by Gasteiger charge is 2.42. The maximum absolute atomic E-state index is 11.1. The average Bonchev–Trinajstić information content (AvgIpc) is 2.70. The van der Waals surface area contributed by atoms with Crippen molar-refractivity contribution < 1.29 is 15.0 Å². The molecule has 0 amide bonds. The van der Waals surface area contributed by atoms with E-state index >= 15 is 0 Å². The molecule has 1 aromatic carbocycles. The number of aromatic hydroxyl groups is 1. The molecule has 0 aliphatic carbocycles. The largest absolute Gasteiger partial charge is 0.506 e. The van der Waals surface area contributed by atoms with Gasteiger partial charge in [-0.2, -0.15) is 0 Å². The van der Waals surface area contributed by atoms with E-state index in [1.54, 1.807) is 24.3 Å². The monoisotopic (exact) mass is 296 g/mol. The Kier molecular flexibility index (Phi) is 5.44. The van der Waals surface area contributed by atoms with Gasteiger partial charge in [0.2, 0.25) is 0 Å². The van der Waals surface area contributed by atoms with E-state index in [9.17, 15) is 9.90 Å². The first-order valence-electron chi connectivity index (χ1n) is 6.45. The predicted octanol–water partition coefficient (Wildman–Crippen LogP) is 3.16. The molecule has 1 heterocycles. The van der Waals surface area contributed by atoms with Crippen molar-refractivity contribution in [2.24, 2.45) is 4.99 Å². The highest BCUT2D eigenvalue weighted by atomic mass is 32.2. The van der Waals surface area contributed by atoms with Crippen molar-refractivity contribution in [3.63, 3.8) is 0 Å². The fourth-order valence-corrected chi connectivity index (χ4v) is 2.79. The summed E-state index contributed by atoms with van der Waals surface area (Å²) in [5.74, 6) is -0.834. The second kappa shape index (κ2) is 6.65. The first-order valence-corrected chi connectivity index (χ1v) is 7.26. The Balaban J connectivity index is 0.000000956. The number of aliphatic carboxylic acids is 1. The van der Waals surface area contributed by atoms with Crippen LogP contribution in [-0.4, -0.2) is 32.1 Å². The Morgan fingerprint density at radius 2 is 1.95 bits per heavy atom. The minimum Gasteiger partial charge on any atom is -0.506 e. The summed E-state index contributed by atoms with van der Waals surface area (Å²) in [6.07, 6.45) is 0. The van der Waals surface area contributed by atoms with Gasteiger partial charge in [-0.25, -0.2) is 9.79 Å². The minimum atomic E-state index is -0.943. The summed E-state index contributed by atoms with van der Waals surface area (Å²) in [7, 11) is 0. The molecule has 0 saturated heterocycles. The molecule has 1 aliphatic rings. The van der Waals surface area contributed by atoms with Crippen LogP contribution in [0.15, 0.2) is 29.3 Å². The van der Waals surface area contributed by atoms with Gasteiger partial charge < -0.3 is 15.5 Å². The van der Waals surface area contributed by atoms with Crippen LogP contribution in [0.1, 0.15) is 27.7 Å². The van der Waals surface area contributed by atoms with E-state index in [0.717, 1.165) is 0 Å². The van der Waals surface area contributed by atoms with Gasteiger partial charge in [0.15, 0.2) is 11.2 Å². The summed E-state index contributed by atoms with van der Waals surface area (Å²) in [5, 5.41) is 22.2. The number of rotatable bonds is 2. The van der Waals surface area contributed by atoms with Gasteiger partial charge in [-0.15, -0.1) is 0 Å². The van der Waals surface area contributed by atoms with Gasteiger partial charge in [-0.05, 0) is 26.0 Å². The molecule has 110 valence electrons. The molecule has 1 atom stereocenters. The van der Waals surface area contributed by atoms with E-state index in [-0.39, 0.29) is 5.75 Å². The molecule has 0 spiro atoms. The van der Waals surface area contributed by atoms with Crippen molar-refractivity contribution in [1.29, 1.82) is 0 Å². The van der Waals surface area contributed by atoms with Gasteiger partial charge in [0, 0.05) is 0 Å². The molecule has 1 aliphatic heterocycles. The van der Waals surface area contributed by atoms with E-state index in [1.165, 1.54) is 11.8 Å². The third-order valence-electron chi connectivity index (χ3n) is 2.64. The number of benzene rings is 1. The molecule has 0 fully saturated rings. The summed E-state index contributed by atoms with van der Waals surface area (Å²) < 4.78 is -0.501. The maximum Gasteiger partial charge on any atom is 0.329 e. The number of nitrogens with zero attached hydrogens (tertiary/aromatic N) is 1. The number of nitrogens with one attached hydrogen (secondary N) is 1. The summed E-state index contributed by atoms with van der Waals surface area (Å²) in [4.78, 5) is 15.2. The molecule has 1 aromatic rings. The zero-order chi connectivity index (χ0) is 15.3. The molecule has 20 heavy (non-hydrogen) atoms. The zero-order valence-electron chi connectivity index (χ0n) is 12.0. The van der Waals surface area contributed by atoms with Crippen molar-refractivity contribution in [2.45, 2.75) is 38.5 Å². The lowest BCUT2D eigenvalue weighted by Crippen LogP contribution is -2.34. The number of amidine groups is 1. The van der Waals surface area contributed by atoms with Crippen LogP contribution in [0.4, 0.5) is 5.69 Å². The van der Waals surface area contributed by atoms with Crippen molar-refractivity contribution in [1.82, 2.24) is 0 Å². The fraction of sp³-hybridized carbons (Fsp3) is 0.429. The van der Waals surface area contributed by atoms with Crippen LogP contribution in [0.25, 0.3) is 0 Å². The number of thioether (sulfide) groups is 1. The molecule has 0 radical (unpaired) electrons. The van der Waals surface area contributed by atoms with E-state index in [2.05, 4.69) is 10.3 Å². The summed E-state index contributed by atoms with van der Waals surface area (Å²) in [6.45, 7) is 7.67. The number of carbonyl (C=O) groups is 1. The Morgan fingerprint density at radius 1 is 1.35 bits per heavy atom. The molecule has 0 bridgehead atoms. The van der Waals surface area contributed by atoms with Crippen LogP contribution in [0.5, 0.6) is 5.75 Å². The van der Waals surface area contributed by atoms with Crippen LogP contribution in [-0.2, 0) is 4.79 Å². The number of para-hydroxylation sites is 2. The molecule has 2 rings (SSSR count). The highest BCUT2D eigenvalue weighted by Crippen LogP contribution is 2.38. The number of anilines is 1. The van der Waals surface area contributed by atoms with Crippen LogP contribution < -0.4 is 5.32 Å². The number of hydrogen-bond acceptors (Lipinski definition) is 5. The minimum absolute atomic E-state index is 0.109. The number of phenolic OH excluding ortho intramolecular Hbond substituents is 1. The normalized spacial score (nSPS) is 19.6. The quantitative estimate of drug-likeness (QED) is 0.730. The molecule has 5 nitrogen and oxygen atoms in total. The van der Waals surface area contributed by atoms with Gasteiger partial charge >= 0.3 is 5.97 Å². The lowest BCUT2D eigenvalue weighted by Gasteiger charge is -2.20. The zero-order valence-corrected chi connectivity index (χ0v) is 12.9. The van der Waals surface area contributed by atoms with Crippen molar-refractivity contribution in [2.75, 3.05) is 5.32 Å². The van der Waals surface area contributed by atoms with Gasteiger partial charge in [-0.1, -0.05) is 37.7 Å². The van der Waals surface area contributed by atoms with E-state index in [4.69, 9.17) is 5.11 Å². The average molecular weight is 296 g/mol. The summed E-state index contributed by atoms with van der Waals surface area (Å²) in [5.41, 5.74) is 0.519. The van der Waals surface area contributed by atoms with Gasteiger partial charge in [-0.3, -0.25) is 0 Å². The van der Waals surface area contributed by atoms with Crippen molar-refractivity contribution in [3.05, 3.63) is 24.3 Å². The number of carboxylic acids is 1. The van der Waals surface area contributed by atoms with Crippen molar-refractivity contribution >= 4 is 28.6 Å². The molecule has 3 N–H and O–H groups in total. The second-order valence-corrected chi connectivity index (χ2v) is 6.17. The lowest BCUT2D eigenvalue weighted by atomic mass is 10.0. The van der Waals surface area contributed by atoms with E-state index in [1.807, 2.05) is 27.7 Å². The van der Waals surface area contributed by atoms with Crippen LogP contribution in [0.2, 0.25) is 0 Å². The SMILES string of the molecule is CC.CC1(C)SC(Nc2ccccc2O)=NC1C(=O)O. The third-order valence-corrected chi connectivity index (χ3v) is 3.79. The Labute approximate surface area is 123 Å². The molecular formula is C14H20N2O3S. The standard InChI is InChI=1S/C12H14N2O3S.C2H6/c1-12(2)9(10(16)17)14-11(18-12)13-7-5-3-4-6-8(7)15;1-2/h3-6,9,15H,1-2H3,(H,13,14)(H,16,17);1-2H3. The molecule has 6 heteroatoms. The molecular weight excluding hydrogens is 276 g/mol. The fourth-order valence-electron chi connectivity index (χ4n) is 1.71. The topological polar surface area (TPSA) is 81.9 Å². The number of aliphatic imine (C=N–C) groups is 1. The predicted molar refractivity (Wildman–Crippen MR) is 83.6 cm³/mol. The number of carboxylic acid groups (broad SMARTS) is 1. The molecule has 1 unspecified atom stereocenters. The van der Waals surface area contributed by atoms with Crippen LogP contribution >= 0.6 is 11.8 Å². The summed E-state index contributed by atoms with van der Waals surface area (Å²) >= 11 is 1.35. The first-order chi connectivity index (χ1) is 9.40. The number of hydrogen-bond donors (Lipinski definition) is 3. The van der Waals surface area contributed by atoms with E-state index < -0.39 is 16.8 Å².